The molecule has 0 spiro atoms. The van der Waals surface area contributed by atoms with E-state index in [0.717, 1.165) is 0 Å². The number of nitrogens with two attached hydrogens (primary N) is 1. The predicted octanol–water partition coefficient (Wildman–Crippen LogP) is -1.05. The molecular formula is C5H10ClN3O. The van der Waals surface area contributed by atoms with Crippen LogP contribution in [0.5, 0.6) is 0 Å². The summed E-state index contributed by atoms with van der Waals surface area (Å²) in [5.41, 5.74) is 5.39. The van der Waals surface area contributed by atoms with Gasteiger partial charge < -0.3 is 5.32 Å². The molecule has 0 radical (unpaired) electrons. The lowest BCUT2D eigenvalue weighted by Gasteiger charge is -2.27. The number of rotatable bonds is 1. The number of alkyl halides is 1. The topological polar surface area (TPSA) is 67.1 Å². The van der Waals surface area contributed by atoms with Gasteiger partial charge in [-0.15, -0.1) is 11.6 Å². The largest absolute Gasteiger partial charge is 0.328 e. The van der Waals surface area contributed by atoms with Gasteiger partial charge in [-0.3, -0.25) is 15.8 Å². The predicted molar refractivity (Wildman–Crippen MR) is 38.4 cm³/mol. The highest BCUT2D eigenvalue weighted by atomic mass is 35.5. The molecule has 1 saturated heterocycles. The molecule has 0 bridgehead atoms. The zero-order valence-corrected chi connectivity index (χ0v) is 6.19. The van der Waals surface area contributed by atoms with Crippen molar-refractivity contribution in [1.82, 2.24) is 10.6 Å². The Labute approximate surface area is 64.1 Å². The van der Waals surface area contributed by atoms with Crippen molar-refractivity contribution in [2.75, 3.05) is 5.88 Å². The molecule has 2 atom stereocenters. The molecule has 1 rings (SSSR count). The smallest absolute Gasteiger partial charge is 0.223 e. The van der Waals surface area contributed by atoms with Gasteiger partial charge in [0.15, 0.2) is 0 Å². The van der Waals surface area contributed by atoms with E-state index in [1.807, 2.05) is 0 Å². The van der Waals surface area contributed by atoms with E-state index in [9.17, 15) is 4.79 Å². The normalized spacial score (nSPS) is 33.6. The number of carbonyl (C=O) groups is 1. The van der Waals surface area contributed by atoms with E-state index in [-0.39, 0.29) is 11.9 Å². The van der Waals surface area contributed by atoms with Gasteiger partial charge in [-0.05, 0) is 0 Å². The third kappa shape index (κ3) is 1.83. The SMILES string of the molecule is NC1NC(=O)CC(CCl)N1. The number of carbonyl (C=O) groups excluding carboxylic acids is 1. The van der Waals surface area contributed by atoms with Gasteiger partial charge in [-0.1, -0.05) is 0 Å². The van der Waals surface area contributed by atoms with E-state index in [1.165, 1.54) is 0 Å². The van der Waals surface area contributed by atoms with E-state index in [1.54, 1.807) is 0 Å². The second-order valence-corrected chi connectivity index (χ2v) is 2.58. The summed E-state index contributed by atoms with van der Waals surface area (Å²) in [4.78, 5) is 10.8. The van der Waals surface area contributed by atoms with Crippen molar-refractivity contribution in [2.24, 2.45) is 5.73 Å². The summed E-state index contributed by atoms with van der Waals surface area (Å²) in [7, 11) is 0. The van der Waals surface area contributed by atoms with Crippen LogP contribution in [0.15, 0.2) is 0 Å². The molecule has 4 nitrogen and oxygen atoms in total. The van der Waals surface area contributed by atoms with Crippen molar-refractivity contribution in [2.45, 2.75) is 18.8 Å². The van der Waals surface area contributed by atoms with Gasteiger partial charge in [0.2, 0.25) is 5.91 Å². The number of hydrogen-bond donors (Lipinski definition) is 3. The first-order valence-corrected chi connectivity index (χ1v) is 3.63. The highest BCUT2D eigenvalue weighted by Gasteiger charge is 2.21. The van der Waals surface area contributed by atoms with Gasteiger partial charge in [0.25, 0.3) is 0 Å². The average Bonchev–Trinajstić information content (AvgIpc) is 1.85. The van der Waals surface area contributed by atoms with Crippen molar-refractivity contribution in [1.29, 1.82) is 0 Å². The molecule has 1 fully saturated rings. The first kappa shape index (κ1) is 7.78. The third-order valence-electron chi connectivity index (χ3n) is 1.35. The van der Waals surface area contributed by atoms with Crippen LogP contribution >= 0.6 is 11.6 Å². The van der Waals surface area contributed by atoms with Gasteiger partial charge in [0.05, 0.1) is 0 Å². The molecule has 58 valence electrons. The van der Waals surface area contributed by atoms with Crippen molar-refractivity contribution >= 4 is 17.5 Å². The van der Waals surface area contributed by atoms with Crippen molar-refractivity contribution in [3.8, 4) is 0 Å². The standard InChI is InChI=1S/C5H10ClN3O/c6-2-3-1-4(10)9-5(7)8-3/h3,5,8H,1-2,7H2,(H,9,10). The van der Waals surface area contributed by atoms with Gasteiger partial charge >= 0.3 is 0 Å². The Kier molecular flexibility index (Phi) is 2.48. The van der Waals surface area contributed by atoms with Crippen LogP contribution in [0.3, 0.4) is 0 Å². The maximum absolute atomic E-state index is 10.8. The zero-order valence-electron chi connectivity index (χ0n) is 5.43. The Balaban J connectivity index is 2.42. The van der Waals surface area contributed by atoms with Crippen LogP contribution in [0.4, 0.5) is 0 Å². The third-order valence-corrected chi connectivity index (χ3v) is 1.72. The van der Waals surface area contributed by atoms with Gasteiger partial charge in [-0.25, -0.2) is 0 Å². The fourth-order valence-corrected chi connectivity index (χ4v) is 1.11. The summed E-state index contributed by atoms with van der Waals surface area (Å²) in [6.45, 7) is 0. The van der Waals surface area contributed by atoms with Gasteiger partial charge in [0.1, 0.15) is 6.29 Å². The number of hydrogen-bond acceptors (Lipinski definition) is 3. The Hall–Kier alpha value is -0.320. The lowest BCUT2D eigenvalue weighted by atomic mass is 10.2. The fraction of sp³-hybridized carbons (Fsp3) is 0.800. The molecule has 0 aromatic carbocycles. The molecule has 4 N–H and O–H groups in total. The van der Waals surface area contributed by atoms with Crippen LogP contribution in [-0.2, 0) is 4.79 Å². The minimum absolute atomic E-state index is 0.0189. The Bertz CT molecular complexity index is 141. The second-order valence-electron chi connectivity index (χ2n) is 2.27. The van der Waals surface area contributed by atoms with Crippen LogP contribution in [0.1, 0.15) is 6.42 Å². The van der Waals surface area contributed by atoms with Crippen LogP contribution in [0, 0.1) is 0 Å². The van der Waals surface area contributed by atoms with E-state index < -0.39 is 6.29 Å². The molecule has 1 heterocycles. The highest BCUT2D eigenvalue weighted by molar-refractivity contribution is 6.18. The summed E-state index contributed by atoms with van der Waals surface area (Å²) in [5, 5.41) is 5.42. The molecule has 0 aromatic rings. The van der Waals surface area contributed by atoms with Crippen molar-refractivity contribution < 1.29 is 4.79 Å². The molecule has 5 heteroatoms. The second kappa shape index (κ2) is 3.18. The molecular weight excluding hydrogens is 154 g/mol. The van der Waals surface area contributed by atoms with E-state index >= 15 is 0 Å². The maximum Gasteiger partial charge on any atom is 0.223 e. The number of amides is 1. The summed E-state index contributed by atoms with van der Waals surface area (Å²) in [6, 6.07) is 0.0189. The number of halogens is 1. The summed E-state index contributed by atoms with van der Waals surface area (Å²) in [5.74, 6) is 0.373. The first-order chi connectivity index (χ1) is 4.72. The van der Waals surface area contributed by atoms with Crippen LogP contribution in [0.2, 0.25) is 0 Å². The Morgan fingerprint density at radius 3 is 3.00 bits per heavy atom. The van der Waals surface area contributed by atoms with Crippen LogP contribution in [0.25, 0.3) is 0 Å². The molecule has 0 saturated carbocycles. The Morgan fingerprint density at radius 1 is 1.80 bits per heavy atom. The molecule has 1 amide bonds. The first-order valence-electron chi connectivity index (χ1n) is 3.09. The highest BCUT2D eigenvalue weighted by Crippen LogP contribution is 1.99. The van der Waals surface area contributed by atoms with E-state index in [0.29, 0.717) is 12.3 Å². The Morgan fingerprint density at radius 2 is 2.50 bits per heavy atom. The zero-order chi connectivity index (χ0) is 7.56. The quantitative estimate of drug-likeness (QED) is 0.432. The van der Waals surface area contributed by atoms with Gasteiger partial charge in [0, 0.05) is 18.3 Å². The molecule has 10 heavy (non-hydrogen) atoms. The lowest BCUT2D eigenvalue weighted by molar-refractivity contribution is -0.124. The fourth-order valence-electron chi connectivity index (χ4n) is 0.910. The molecule has 1 aliphatic heterocycles. The minimum Gasteiger partial charge on any atom is -0.328 e. The summed E-state index contributed by atoms with van der Waals surface area (Å²) >= 11 is 5.51. The van der Waals surface area contributed by atoms with Crippen molar-refractivity contribution in [3.63, 3.8) is 0 Å². The molecule has 0 aromatic heterocycles. The maximum atomic E-state index is 10.8. The monoisotopic (exact) mass is 163 g/mol. The molecule has 1 aliphatic rings. The van der Waals surface area contributed by atoms with Gasteiger partial charge in [-0.2, -0.15) is 0 Å². The van der Waals surface area contributed by atoms with E-state index in [4.69, 9.17) is 17.3 Å². The average molecular weight is 164 g/mol. The summed E-state index contributed by atoms with van der Waals surface area (Å²) < 4.78 is 0. The molecule has 0 aliphatic carbocycles. The van der Waals surface area contributed by atoms with E-state index in [2.05, 4.69) is 10.6 Å². The number of nitrogens with one attached hydrogen (secondary N) is 2. The van der Waals surface area contributed by atoms with Crippen LogP contribution in [-0.4, -0.2) is 24.1 Å². The lowest BCUT2D eigenvalue weighted by Crippen LogP contribution is -2.61. The van der Waals surface area contributed by atoms with Crippen LogP contribution < -0.4 is 16.4 Å². The summed E-state index contributed by atoms with van der Waals surface area (Å²) in [6.07, 6.45) is -0.0259. The minimum atomic E-state index is -0.440. The molecule has 2 unspecified atom stereocenters. The van der Waals surface area contributed by atoms with Crippen molar-refractivity contribution in [3.05, 3.63) is 0 Å².